The quantitative estimate of drug-likeness (QED) is 0.882. The molecular formula is C15H19NO2S. The molecule has 1 aromatic heterocycles. The molecule has 0 aliphatic heterocycles. The Morgan fingerprint density at radius 3 is 2.74 bits per heavy atom. The predicted octanol–water partition coefficient (Wildman–Crippen LogP) is 3.14. The number of aromatic nitrogens is 1. The van der Waals surface area contributed by atoms with Crippen LogP contribution in [0.2, 0.25) is 0 Å². The van der Waals surface area contributed by atoms with Crippen molar-refractivity contribution in [1.82, 2.24) is 4.98 Å². The number of aliphatic hydroxyl groups excluding tert-OH is 1. The normalized spacial score (nSPS) is 14.3. The maximum absolute atomic E-state index is 10.0. The molecule has 0 aliphatic rings. The smallest absolute Gasteiger partial charge is 0.0959 e. The number of nitrogens with zero attached hydrogens (tertiary/aromatic N) is 1. The van der Waals surface area contributed by atoms with Crippen LogP contribution < -0.4 is 0 Å². The Hall–Kier alpha value is -1.23. The number of ether oxygens (including phenoxy) is 1. The lowest BCUT2D eigenvalue weighted by atomic mass is 10.1. The zero-order valence-electron chi connectivity index (χ0n) is 11.2. The molecule has 1 aromatic carbocycles. The van der Waals surface area contributed by atoms with Gasteiger partial charge in [-0.15, -0.1) is 11.3 Å². The fourth-order valence-corrected chi connectivity index (χ4v) is 2.72. The van der Waals surface area contributed by atoms with Gasteiger partial charge in [0.05, 0.1) is 22.9 Å². The molecule has 3 nitrogen and oxygen atoms in total. The fraction of sp³-hybridized carbons (Fsp3) is 0.400. The predicted molar refractivity (Wildman–Crippen MR) is 78.3 cm³/mol. The van der Waals surface area contributed by atoms with Gasteiger partial charge in [0.1, 0.15) is 0 Å². The van der Waals surface area contributed by atoms with Gasteiger partial charge in [0, 0.05) is 24.0 Å². The second-order valence-corrected chi connectivity index (χ2v) is 5.37. The van der Waals surface area contributed by atoms with E-state index in [0.29, 0.717) is 13.0 Å². The summed E-state index contributed by atoms with van der Waals surface area (Å²) in [5, 5.41) is 13.0. The third kappa shape index (κ3) is 3.86. The Morgan fingerprint density at radius 1 is 1.32 bits per heavy atom. The maximum Gasteiger partial charge on any atom is 0.0959 e. The average molecular weight is 277 g/mol. The summed E-state index contributed by atoms with van der Waals surface area (Å²) < 4.78 is 5.39. The van der Waals surface area contributed by atoms with E-state index < -0.39 is 6.10 Å². The molecule has 2 unspecified atom stereocenters. The van der Waals surface area contributed by atoms with Crippen molar-refractivity contribution in [3.05, 3.63) is 40.7 Å². The van der Waals surface area contributed by atoms with E-state index in [0.717, 1.165) is 16.3 Å². The number of hydrogen-bond acceptors (Lipinski definition) is 4. The first kappa shape index (κ1) is 14.2. The lowest BCUT2D eigenvalue weighted by molar-refractivity contribution is -0.0208. The van der Waals surface area contributed by atoms with Crippen molar-refractivity contribution >= 4 is 11.3 Å². The van der Waals surface area contributed by atoms with Gasteiger partial charge in [0.2, 0.25) is 0 Å². The van der Waals surface area contributed by atoms with Crippen LogP contribution in [0.3, 0.4) is 0 Å². The summed E-state index contributed by atoms with van der Waals surface area (Å²) in [6.45, 7) is 4.44. The molecule has 0 radical (unpaired) electrons. The first-order valence-corrected chi connectivity index (χ1v) is 7.38. The van der Waals surface area contributed by atoms with Crippen LogP contribution in [-0.4, -0.2) is 28.9 Å². The van der Waals surface area contributed by atoms with Crippen molar-refractivity contribution in [1.29, 1.82) is 0 Å². The van der Waals surface area contributed by atoms with E-state index in [9.17, 15) is 5.11 Å². The Labute approximate surface area is 117 Å². The molecule has 0 amide bonds. The van der Waals surface area contributed by atoms with Crippen LogP contribution in [0.5, 0.6) is 0 Å². The van der Waals surface area contributed by atoms with Gasteiger partial charge in [-0.1, -0.05) is 30.3 Å². The highest BCUT2D eigenvalue weighted by atomic mass is 32.1. The van der Waals surface area contributed by atoms with Gasteiger partial charge in [0.25, 0.3) is 0 Å². The first-order valence-electron chi connectivity index (χ1n) is 6.50. The molecule has 4 heteroatoms. The topological polar surface area (TPSA) is 42.4 Å². The van der Waals surface area contributed by atoms with Gasteiger partial charge < -0.3 is 9.84 Å². The zero-order chi connectivity index (χ0) is 13.7. The van der Waals surface area contributed by atoms with Gasteiger partial charge in [-0.3, -0.25) is 0 Å². The Kier molecular flexibility index (Phi) is 5.07. The SMILES string of the molecule is CCOC(C)C(O)Cc1nc(-c2ccccc2)cs1. The average Bonchev–Trinajstić information content (AvgIpc) is 2.88. The number of hydrogen-bond donors (Lipinski definition) is 1. The van der Waals surface area contributed by atoms with E-state index in [2.05, 4.69) is 4.98 Å². The molecule has 0 aliphatic carbocycles. The molecule has 2 aromatic rings. The molecule has 0 fully saturated rings. The van der Waals surface area contributed by atoms with Crippen LogP contribution in [0.4, 0.5) is 0 Å². The summed E-state index contributed by atoms with van der Waals surface area (Å²) in [5.74, 6) is 0. The third-order valence-corrected chi connectivity index (χ3v) is 3.85. The van der Waals surface area contributed by atoms with E-state index in [-0.39, 0.29) is 6.10 Å². The van der Waals surface area contributed by atoms with Crippen LogP contribution in [0, 0.1) is 0 Å². The van der Waals surface area contributed by atoms with Crippen LogP contribution in [-0.2, 0) is 11.2 Å². The van der Waals surface area contributed by atoms with Crippen LogP contribution in [0.15, 0.2) is 35.7 Å². The van der Waals surface area contributed by atoms with Crippen molar-refractivity contribution in [3.8, 4) is 11.3 Å². The Morgan fingerprint density at radius 2 is 2.05 bits per heavy atom. The summed E-state index contributed by atoms with van der Waals surface area (Å²) >= 11 is 1.58. The molecule has 1 heterocycles. The minimum Gasteiger partial charge on any atom is -0.390 e. The highest BCUT2D eigenvalue weighted by molar-refractivity contribution is 7.09. The molecule has 0 saturated carbocycles. The van der Waals surface area contributed by atoms with Crippen LogP contribution in [0.1, 0.15) is 18.9 Å². The van der Waals surface area contributed by atoms with Gasteiger partial charge in [-0.2, -0.15) is 0 Å². The molecule has 2 atom stereocenters. The molecule has 1 N–H and O–H groups in total. The Balaban J connectivity index is 2.02. The molecule has 19 heavy (non-hydrogen) atoms. The Bertz CT molecular complexity index is 498. The lowest BCUT2D eigenvalue weighted by Crippen LogP contribution is -2.28. The van der Waals surface area contributed by atoms with Gasteiger partial charge in [0.15, 0.2) is 0 Å². The molecule has 0 saturated heterocycles. The number of aliphatic hydroxyl groups is 1. The fourth-order valence-electron chi connectivity index (χ4n) is 1.86. The van der Waals surface area contributed by atoms with E-state index in [1.54, 1.807) is 11.3 Å². The number of rotatable bonds is 6. The molecule has 0 bridgehead atoms. The molecule has 0 spiro atoms. The standard InChI is InChI=1S/C15H19NO2S/c1-3-18-11(2)14(17)9-15-16-13(10-19-15)12-7-5-4-6-8-12/h4-8,10-11,14,17H,3,9H2,1-2H3. The molecule has 102 valence electrons. The largest absolute Gasteiger partial charge is 0.390 e. The van der Waals surface area contributed by atoms with E-state index in [1.807, 2.05) is 49.6 Å². The van der Waals surface area contributed by atoms with Gasteiger partial charge in [-0.05, 0) is 13.8 Å². The summed E-state index contributed by atoms with van der Waals surface area (Å²) in [4.78, 5) is 4.57. The molecule has 2 rings (SSSR count). The first-order chi connectivity index (χ1) is 9.20. The van der Waals surface area contributed by atoms with Crippen molar-refractivity contribution in [2.24, 2.45) is 0 Å². The van der Waals surface area contributed by atoms with E-state index in [1.165, 1.54) is 0 Å². The van der Waals surface area contributed by atoms with Gasteiger partial charge in [-0.25, -0.2) is 4.98 Å². The summed E-state index contributed by atoms with van der Waals surface area (Å²) in [6, 6.07) is 10.1. The van der Waals surface area contributed by atoms with Gasteiger partial charge >= 0.3 is 0 Å². The summed E-state index contributed by atoms with van der Waals surface area (Å²) in [5.41, 5.74) is 2.08. The number of benzene rings is 1. The minimum absolute atomic E-state index is 0.158. The summed E-state index contributed by atoms with van der Waals surface area (Å²) in [6.07, 6.45) is -0.123. The highest BCUT2D eigenvalue weighted by Crippen LogP contribution is 2.22. The minimum atomic E-state index is -0.505. The zero-order valence-corrected chi connectivity index (χ0v) is 12.1. The maximum atomic E-state index is 10.0. The highest BCUT2D eigenvalue weighted by Gasteiger charge is 2.16. The summed E-state index contributed by atoms with van der Waals surface area (Å²) in [7, 11) is 0. The van der Waals surface area contributed by atoms with Crippen molar-refractivity contribution in [2.45, 2.75) is 32.5 Å². The van der Waals surface area contributed by atoms with Crippen molar-refractivity contribution < 1.29 is 9.84 Å². The monoisotopic (exact) mass is 277 g/mol. The second-order valence-electron chi connectivity index (χ2n) is 4.42. The third-order valence-electron chi connectivity index (χ3n) is 2.98. The number of thiazole rings is 1. The van der Waals surface area contributed by atoms with Crippen LogP contribution in [0.25, 0.3) is 11.3 Å². The lowest BCUT2D eigenvalue weighted by Gasteiger charge is -2.17. The van der Waals surface area contributed by atoms with E-state index >= 15 is 0 Å². The van der Waals surface area contributed by atoms with Crippen molar-refractivity contribution in [2.75, 3.05) is 6.61 Å². The second kappa shape index (κ2) is 6.80. The molecular weight excluding hydrogens is 258 g/mol. The van der Waals surface area contributed by atoms with E-state index in [4.69, 9.17) is 4.74 Å². The van der Waals surface area contributed by atoms with Crippen molar-refractivity contribution in [3.63, 3.8) is 0 Å². The van der Waals surface area contributed by atoms with Crippen LogP contribution >= 0.6 is 11.3 Å².